The molecule has 8 heteroatoms. The van der Waals surface area contributed by atoms with Crippen molar-refractivity contribution in [2.24, 2.45) is 17.6 Å². The molecule has 2 heterocycles. The van der Waals surface area contributed by atoms with E-state index in [9.17, 15) is 4.79 Å². The van der Waals surface area contributed by atoms with Gasteiger partial charge in [-0.25, -0.2) is 4.98 Å². The van der Waals surface area contributed by atoms with Crippen LogP contribution in [0.4, 0.5) is 5.13 Å². The smallest absolute Gasteiger partial charge is 0.226 e. The molecule has 1 aliphatic carbocycles. The molecule has 1 amide bonds. The maximum Gasteiger partial charge on any atom is 0.226 e. The summed E-state index contributed by atoms with van der Waals surface area (Å²) in [7, 11) is 0. The Kier molecular flexibility index (Phi) is 8.77. The third-order valence-corrected chi connectivity index (χ3v) is 6.23. The fourth-order valence-corrected chi connectivity index (χ4v) is 4.50. The predicted molar refractivity (Wildman–Crippen MR) is 105 cm³/mol. The number of rotatable bonds is 4. The molecule has 138 valence electrons. The summed E-state index contributed by atoms with van der Waals surface area (Å²) in [5, 5.41) is 1.10. The number of anilines is 1. The van der Waals surface area contributed by atoms with Crippen molar-refractivity contribution in [2.75, 3.05) is 37.6 Å². The minimum absolute atomic E-state index is 0. The Balaban J connectivity index is 0.00000144. The number of nitrogens with zero attached hydrogens (tertiary/aromatic N) is 3. The summed E-state index contributed by atoms with van der Waals surface area (Å²) in [4.78, 5) is 22.9. The second-order valence-corrected chi connectivity index (χ2v) is 7.40. The predicted octanol–water partition coefficient (Wildman–Crippen LogP) is 2.57. The largest absolute Gasteiger partial charge is 0.345 e. The van der Waals surface area contributed by atoms with Crippen LogP contribution >= 0.6 is 36.2 Å². The van der Waals surface area contributed by atoms with E-state index < -0.39 is 0 Å². The van der Waals surface area contributed by atoms with Gasteiger partial charge in [0.2, 0.25) is 5.91 Å². The second kappa shape index (κ2) is 9.80. The third-order valence-electron chi connectivity index (χ3n) is 5.03. The van der Waals surface area contributed by atoms with Gasteiger partial charge in [0.05, 0.1) is 0 Å². The normalized spacial score (nSPS) is 23.6. The number of aryl methyl sites for hydroxylation is 1. The van der Waals surface area contributed by atoms with Crippen molar-refractivity contribution in [3.8, 4) is 0 Å². The van der Waals surface area contributed by atoms with Crippen LogP contribution in [0.5, 0.6) is 0 Å². The molecule has 24 heavy (non-hydrogen) atoms. The Morgan fingerprint density at radius 3 is 2.58 bits per heavy atom. The van der Waals surface area contributed by atoms with Crippen molar-refractivity contribution in [1.29, 1.82) is 0 Å². The summed E-state index contributed by atoms with van der Waals surface area (Å²) >= 11 is 1.77. The van der Waals surface area contributed by atoms with Gasteiger partial charge in [-0.1, -0.05) is 13.3 Å². The van der Waals surface area contributed by atoms with Gasteiger partial charge in [0.15, 0.2) is 5.13 Å². The van der Waals surface area contributed by atoms with Crippen molar-refractivity contribution in [3.05, 3.63) is 11.1 Å². The fourth-order valence-electron chi connectivity index (χ4n) is 3.60. The molecule has 0 radical (unpaired) electrons. The van der Waals surface area contributed by atoms with Gasteiger partial charge in [-0.05, 0) is 31.7 Å². The lowest BCUT2D eigenvalue weighted by Crippen LogP contribution is -2.51. The Morgan fingerprint density at radius 2 is 2.00 bits per heavy atom. The number of hydrogen-bond acceptors (Lipinski definition) is 5. The third kappa shape index (κ3) is 4.54. The van der Waals surface area contributed by atoms with E-state index in [1.807, 2.05) is 11.1 Å². The molecule has 1 aliphatic heterocycles. The quantitative estimate of drug-likeness (QED) is 0.851. The fraction of sp³-hybridized carbons (Fsp3) is 0.750. The number of halogens is 2. The van der Waals surface area contributed by atoms with Gasteiger partial charge in [0.25, 0.3) is 0 Å². The van der Waals surface area contributed by atoms with E-state index in [1.165, 1.54) is 4.88 Å². The molecule has 3 rings (SSSR count). The first-order chi connectivity index (χ1) is 10.7. The van der Waals surface area contributed by atoms with Crippen molar-refractivity contribution in [1.82, 2.24) is 9.88 Å². The highest BCUT2D eigenvalue weighted by Gasteiger charge is 2.35. The molecule has 2 aliphatic rings. The lowest BCUT2D eigenvalue weighted by atomic mass is 9.94. The number of piperazine rings is 1. The second-order valence-electron chi connectivity index (χ2n) is 6.31. The highest BCUT2D eigenvalue weighted by atomic mass is 35.5. The molecule has 1 aromatic rings. The zero-order valence-electron chi connectivity index (χ0n) is 14.1. The van der Waals surface area contributed by atoms with Gasteiger partial charge in [-0.15, -0.1) is 36.2 Å². The number of thiazole rings is 1. The molecular weight excluding hydrogens is 367 g/mol. The summed E-state index contributed by atoms with van der Waals surface area (Å²) in [5.41, 5.74) is 5.82. The van der Waals surface area contributed by atoms with E-state index >= 15 is 0 Å². The van der Waals surface area contributed by atoms with Crippen molar-refractivity contribution in [3.63, 3.8) is 0 Å². The minimum atomic E-state index is 0. The molecule has 2 N–H and O–H groups in total. The summed E-state index contributed by atoms with van der Waals surface area (Å²) in [6.07, 6.45) is 6.30. The average molecular weight is 395 g/mol. The van der Waals surface area contributed by atoms with E-state index in [4.69, 9.17) is 5.73 Å². The lowest BCUT2D eigenvalue weighted by Gasteiger charge is -2.36. The number of carbonyl (C=O) groups excluding carboxylic acids is 1. The Labute approximate surface area is 160 Å². The van der Waals surface area contributed by atoms with E-state index in [0.29, 0.717) is 18.4 Å². The SMILES string of the molecule is CCc1cnc(N2CCN(C(=O)[C@@H]3CCC[C@@H]3CN)CC2)s1.Cl.Cl. The maximum absolute atomic E-state index is 12.7. The Hall–Kier alpha value is -0.560. The van der Waals surface area contributed by atoms with Gasteiger partial charge in [-0.2, -0.15) is 0 Å². The summed E-state index contributed by atoms with van der Waals surface area (Å²) in [6.45, 7) is 6.21. The minimum Gasteiger partial charge on any atom is -0.345 e. The van der Waals surface area contributed by atoms with Gasteiger partial charge in [-0.3, -0.25) is 4.79 Å². The number of nitrogens with two attached hydrogens (primary N) is 1. The van der Waals surface area contributed by atoms with E-state index in [1.54, 1.807) is 11.3 Å². The maximum atomic E-state index is 12.7. The van der Waals surface area contributed by atoms with Crippen molar-refractivity contribution < 1.29 is 4.79 Å². The molecule has 0 bridgehead atoms. The summed E-state index contributed by atoms with van der Waals surface area (Å²) < 4.78 is 0. The molecule has 0 unspecified atom stereocenters. The van der Waals surface area contributed by atoms with Crippen LogP contribution in [-0.4, -0.2) is 48.5 Å². The number of amides is 1. The van der Waals surface area contributed by atoms with Crippen LogP contribution in [0.25, 0.3) is 0 Å². The van der Waals surface area contributed by atoms with Gasteiger partial charge >= 0.3 is 0 Å². The van der Waals surface area contributed by atoms with Crippen LogP contribution in [0, 0.1) is 11.8 Å². The first-order valence-corrected chi connectivity index (χ1v) is 9.23. The molecule has 1 saturated heterocycles. The van der Waals surface area contributed by atoms with Crippen molar-refractivity contribution >= 4 is 47.2 Å². The van der Waals surface area contributed by atoms with E-state index in [-0.39, 0.29) is 30.7 Å². The standard InChI is InChI=1S/C16H26N4OS.2ClH/c1-2-13-11-18-16(22-13)20-8-6-19(7-9-20)15(21)14-5-3-4-12(14)10-17;;/h11-12,14H,2-10,17H2,1H3;2*1H/t12-,14-;;/m1../s1. The first kappa shape index (κ1) is 21.5. The van der Waals surface area contributed by atoms with Crippen molar-refractivity contribution in [2.45, 2.75) is 32.6 Å². The van der Waals surface area contributed by atoms with E-state index in [0.717, 1.165) is 57.0 Å². The molecule has 1 saturated carbocycles. The molecule has 2 atom stereocenters. The number of carbonyl (C=O) groups is 1. The summed E-state index contributed by atoms with van der Waals surface area (Å²) in [5.74, 6) is 0.903. The highest BCUT2D eigenvalue weighted by Crippen LogP contribution is 2.33. The average Bonchev–Trinajstić information content (AvgIpc) is 3.23. The van der Waals surface area contributed by atoms with Crippen LogP contribution in [0.1, 0.15) is 31.1 Å². The Morgan fingerprint density at radius 1 is 1.29 bits per heavy atom. The number of hydrogen-bond donors (Lipinski definition) is 1. The van der Waals surface area contributed by atoms with E-state index in [2.05, 4.69) is 16.8 Å². The molecule has 1 aromatic heterocycles. The van der Waals surface area contributed by atoms with Crippen LogP contribution in [0.2, 0.25) is 0 Å². The first-order valence-electron chi connectivity index (χ1n) is 8.41. The van der Waals surface area contributed by atoms with Gasteiger partial charge < -0.3 is 15.5 Å². The van der Waals surface area contributed by atoms with Crippen LogP contribution in [-0.2, 0) is 11.2 Å². The Bertz CT molecular complexity index is 520. The highest BCUT2D eigenvalue weighted by molar-refractivity contribution is 7.15. The summed E-state index contributed by atoms with van der Waals surface area (Å²) in [6, 6.07) is 0. The zero-order valence-corrected chi connectivity index (χ0v) is 16.6. The van der Waals surface area contributed by atoms with Gasteiger partial charge in [0, 0.05) is 43.2 Å². The molecule has 2 fully saturated rings. The van der Waals surface area contributed by atoms with Crippen LogP contribution < -0.4 is 10.6 Å². The zero-order chi connectivity index (χ0) is 15.5. The molecule has 0 aromatic carbocycles. The topological polar surface area (TPSA) is 62.5 Å². The molecule has 5 nitrogen and oxygen atoms in total. The lowest BCUT2D eigenvalue weighted by molar-refractivity contribution is -0.136. The van der Waals surface area contributed by atoms with Crippen LogP contribution in [0.3, 0.4) is 0 Å². The monoisotopic (exact) mass is 394 g/mol. The van der Waals surface area contributed by atoms with Crippen LogP contribution in [0.15, 0.2) is 6.20 Å². The molecule has 0 spiro atoms. The number of aromatic nitrogens is 1. The molecular formula is C16H28Cl2N4OS. The van der Waals surface area contributed by atoms with Gasteiger partial charge in [0.1, 0.15) is 0 Å².